The summed E-state index contributed by atoms with van der Waals surface area (Å²) in [6, 6.07) is 9.78. The number of benzene rings is 1. The van der Waals surface area contributed by atoms with E-state index < -0.39 is 0 Å². The molecule has 1 aromatic carbocycles. The van der Waals surface area contributed by atoms with Crippen LogP contribution in [0.2, 0.25) is 0 Å². The number of hydrogen-bond acceptors (Lipinski definition) is 6. The highest BCUT2D eigenvalue weighted by molar-refractivity contribution is 5.89. The molecule has 3 rings (SSSR count). The average Bonchev–Trinajstić information content (AvgIpc) is 2.98. The molecule has 156 valence electrons. The van der Waals surface area contributed by atoms with Crippen molar-refractivity contribution in [3.05, 3.63) is 54.0 Å². The van der Waals surface area contributed by atoms with Crippen molar-refractivity contribution in [3.63, 3.8) is 0 Å². The summed E-state index contributed by atoms with van der Waals surface area (Å²) in [6.07, 6.45) is 3.56. The number of ether oxygens (including phenoxy) is 2. The molecule has 1 aliphatic heterocycles. The van der Waals surface area contributed by atoms with E-state index in [0.29, 0.717) is 24.5 Å². The molecule has 1 saturated heterocycles. The topological polar surface area (TPSA) is 54.9 Å². The zero-order valence-electron chi connectivity index (χ0n) is 16.8. The monoisotopic (exact) mass is 401 g/mol. The number of rotatable bonds is 8. The van der Waals surface area contributed by atoms with Crippen LogP contribution in [0.4, 0.5) is 10.2 Å². The average molecular weight is 401 g/mol. The number of hydrogen-bond donors (Lipinski definition) is 0. The third-order valence-corrected chi connectivity index (χ3v) is 4.87. The molecular formula is C22H28FN3O3. The van der Waals surface area contributed by atoms with Gasteiger partial charge in [0, 0.05) is 32.4 Å². The highest BCUT2D eigenvalue weighted by Gasteiger charge is 2.16. The first kappa shape index (κ1) is 21.0. The minimum absolute atomic E-state index is 0.253. The minimum atomic E-state index is -0.337. The van der Waals surface area contributed by atoms with E-state index in [0.717, 1.165) is 51.4 Å². The Labute approximate surface area is 171 Å². The summed E-state index contributed by atoms with van der Waals surface area (Å²) in [5.74, 6) is 0.998. The molecule has 0 atom stereocenters. The van der Waals surface area contributed by atoms with Crippen molar-refractivity contribution in [2.75, 3.05) is 50.8 Å². The Bertz CT molecular complexity index is 768. The van der Waals surface area contributed by atoms with E-state index in [9.17, 15) is 9.18 Å². The highest BCUT2D eigenvalue weighted by Crippen LogP contribution is 2.15. The van der Waals surface area contributed by atoms with Gasteiger partial charge in [-0.05, 0) is 62.7 Å². The Morgan fingerprint density at radius 1 is 1.10 bits per heavy atom. The van der Waals surface area contributed by atoms with Crippen molar-refractivity contribution in [2.24, 2.45) is 0 Å². The molecule has 0 N–H and O–H groups in total. The second-order valence-corrected chi connectivity index (χ2v) is 6.96. The van der Waals surface area contributed by atoms with Gasteiger partial charge < -0.3 is 19.3 Å². The molecule has 0 radical (unpaired) electrons. The van der Waals surface area contributed by atoms with Crippen molar-refractivity contribution in [1.82, 2.24) is 9.88 Å². The van der Waals surface area contributed by atoms with E-state index in [4.69, 9.17) is 9.47 Å². The normalized spacial score (nSPS) is 15.0. The Hall–Kier alpha value is -2.67. The lowest BCUT2D eigenvalue weighted by Gasteiger charge is -2.22. The van der Waals surface area contributed by atoms with E-state index >= 15 is 0 Å². The number of halogens is 1. The van der Waals surface area contributed by atoms with Crippen LogP contribution in [0.15, 0.2) is 42.6 Å². The van der Waals surface area contributed by atoms with E-state index in [1.54, 1.807) is 31.3 Å². The molecule has 29 heavy (non-hydrogen) atoms. The summed E-state index contributed by atoms with van der Waals surface area (Å²) < 4.78 is 23.6. The Morgan fingerprint density at radius 2 is 1.93 bits per heavy atom. The number of anilines is 1. The molecule has 0 unspecified atom stereocenters. The summed E-state index contributed by atoms with van der Waals surface area (Å²) >= 11 is 0. The van der Waals surface area contributed by atoms with Crippen molar-refractivity contribution < 1.29 is 18.7 Å². The van der Waals surface area contributed by atoms with Crippen molar-refractivity contribution >= 4 is 11.8 Å². The smallest absolute Gasteiger partial charge is 0.339 e. The highest BCUT2D eigenvalue weighted by atomic mass is 19.1. The first-order chi connectivity index (χ1) is 14.2. The van der Waals surface area contributed by atoms with E-state index in [1.165, 1.54) is 12.1 Å². The summed E-state index contributed by atoms with van der Waals surface area (Å²) in [4.78, 5) is 20.9. The molecule has 0 saturated carbocycles. The standard InChI is InChI=1S/C22H28FN3O3/c1-2-28-22(27)18-5-10-21(24-17-18)26-13-3-11-25(14-15-26)12-4-16-29-20-8-6-19(23)7-9-20/h5-10,17H,2-4,11-16H2,1H3. The third-order valence-electron chi connectivity index (χ3n) is 4.87. The van der Waals surface area contributed by atoms with Crippen LogP contribution in [-0.4, -0.2) is 61.8 Å². The summed E-state index contributed by atoms with van der Waals surface area (Å²) in [5, 5.41) is 0. The van der Waals surface area contributed by atoms with Gasteiger partial charge in [-0.15, -0.1) is 0 Å². The SMILES string of the molecule is CCOC(=O)c1ccc(N2CCCN(CCCOc3ccc(F)cc3)CC2)nc1. The van der Waals surface area contributed by atoms with Crippen LogP contribution in [0.25, 0.3) is 0 Å². The third kappa shape index (κ3) is 6.42. The van der Waals surface area contributed by atoms with Gasteiger partial charge in [-0.2, -0.15) is 0 Å². The summed E-state index contributed by atoms with van der Waals surface area (Å²) in [5.41, 5.74) is 0.480. The molecule has 1 aromatic heterocycles. The van der Waals surface area contributed by atoms with E-state index in [2.05, 4.69) is 14.8 Å². The van der Waals surface area contributed by atoms with Crippen LogP contribution in [0.1, 0.15) is 30.1 Å². The number of aromatic nitrogens is 1. The fourth-order valence-electron chi connectivity index (χ4n) is 3.34. The molecule has 7 heteroatoms. The van der Waals surface area contributed by atoms with E-state index in [-0.39, 0.29) is 11.8 Å². The maximum Gasteiger partial charge on any atom is 0.339 e. The van der Waals surface area contributed by atoms with Crippen LogP contribution < -0.4 is 9.64 Å². The number of carbonyl (C=O) groups excluding carboxylic acids is 1. The molecule has 6 nitrogen and oxygen atoms in total. The maximum absolute atomic E-state index is 12.9. The van der Waals surface area contributed by atoms with Crippen LogP contribution in [0.5, 0.6) is 5.75 Å². The molecule has 0 amide bonds. The lowest BCUT2D eigenvalue weighted by atomic mass is 10.2. The first-order valence-corrected chi connectivity index (χ1v) is 10.1. The van der Waals surface area contributed by atoms with Crippen LogP contribution in [0, 0.1) is 5.82 Å². The van der Waals surface area contributed by atoms with Gasteiger partial charge in [0.1, 0.15) is 17.4 Å². The number of nitrogens with zero attached hydrogens (tertiary/aromatic N) is 3. The number of pyridine rings is 1. The molecule has 2 heterocycles. The van der Waals surface area contributed by atoms with Gasteiger partial charge in [-0.1, -0.05) is 0 Å². The van der Waals surface area contributed by atoms with Gasteiger partial charge >= 0.3 is 5.97 Å². The lowest BCUT2D eigenvalue weighted by molar-refractivity contribution is 0.0526. The molecule has 0 spiro atoms. The van der Waals surface area contributed by atoms with Gasteiger partial charge in [0.05, 0.1) is 18.8 Å². The predicted octanol–water partition coefficient (Wildman–Crippen LogP) is 3.38. The quantitative estimate of drug-likeness (QED) is 0.499. The first-order valence-electron chi connectivity index (χ1n) is 10.1. The Balaban J connectivity index is 1.41. The van der Waals surface area contributed by atoms with Crippen molar-refractivity contribution in [2.45, 2.75) is 19.8 Å². The molecule has 2 aromatic rings. The molecule has 1 aliphatic rings. The van der Waals surface area contributed by atoms with Crippen molar-refractivity contribution in [1.29, 1.82) is 0 Å². The van der Waals surface area contributed by atoms with Gasteiger partial charge in [-0.3, -0.25) is 0 Å². The number of esters is 1. The predicted molar refractivity (Wildman–Crippen MR) is 110 cm³/mol. The largest absolute Gasteiger partial charge is 0.494 e. The van der Waals surface area contributed by atoms with E-state index in [1.807, 2.05) is 6.07 Å². The van der Waals surface area contributed by atoms with Gasteiger partial charge in [0.25, 0.3) is 0 Å². The fourth-order valence-corrected chi connectivity index (χ4v) is 3.34. The van der Waals surface area contributed by atoms with Crippen LogP contribution in [-0.2, 0) is 4.74 Å². The second kappa shape index (κ2) is 10.8. The van der Waals surface area contributed by atoms with Gasteiger partial charge in [-0.25, -0.2) is 14.2 Å². The zero-order chi connectivity index (χ0) is 20.5. The Morgan fingerprint density at radius 3 is 2.66 bits per heavy atom. The second-order valence-electron chi connectivity index (χ2n) is 6.96. The molecule has 1 fully saturated rings. The molecule has 0 bridgehead atoms. The van der Waals surface area contributed by atoms with Crippen LogP contribution >= 0.6 is 0 Å². The maximum atomic E-state index is 12.9. The van der Waals surface area contributed by atoms with Crippen LogP contribution in [0.3, 0.4) is 0 Å². The Kier molecular flexibility index (Phi) is 7.81. The number of carbonyl (C=O) groups is 1. The lowest BCUT2D eigenvalue weighted by Crippen LogP contribution is -2.32. The fraction of sp³-hybridized carbons (Fsp3) is 0.455. The summed E-state index contributed by atoms with van der Waals surface area (Å²) in [7, 11) is 0. The van der Waals surface area contributed by atoms with Gasteiger partial charge in [0.2, 0.25) is 0 Å². The minimum Gasteiger partial charge on any atom is -0.494 e. The molecule has 0 aliphatic carbocycles. The van der Waals surface area contributed by atoms with Crippen molar-refractivity contribution in [3.8, 4) is 5.75 Å². The molecular weight excluding hydrogens is 373 g/mol. The zero-order valence-corrected chi connectivity index (χ0v) is 16.8. The van der Waals surface area contributed by atoms with Gasteiger partial charge in [0.15, 0.2) is 0 Å². The summed E-state index contributed by atoms with van der Waals surface area (Å²) in [6.45, 7) is 7.55.